The molecule has 0 aliphatic heterocycles. The number of hydrogen-bond donors (Lipinski definition) is 1. The van der Waals surface area contributed by atoms with Crippen LogP contribution >= 0.6 is 11.3 Å². The number of hydrogen-bond acceptors (Lipinski definition) is 6. The van der Waals surface area contributed by atoms with E-state index in [1.165, 1.54) is 27.8 Å². The minimum Gasteiger partial charge on any atom is -0.354 e. The van der Waals surface area contributed by atoms with Crippen molar-refractivity contribution in [1.29, 1.82) is 0 Å². The maximum absolute atomic E-state index is 13.9. The average Bonchev–Trinajstić information content (AvgIpc) is 3.53. The second kappa shape index (κ2) is 11.3. The van der Waals surface area contributed by atoms with E-state index in [-0.39, 0.29) is 24.1 Å². The largest absolute Gasteiger partial charge is 0.354 e. The Bertz CT molecular complexity index is 1360. The van der Waals surface area contributed by atoms with E-state index in [9.17, 15) is 14.4 Å². The Hall–Kier alpha value is -3.85. The van der Waals surface area contributed by atoms with Crippen molar-refractivity contribution >= 4 is 45.7 Å². The molecular formula is C27H29N5O3S. The summed E-state index contributed by atoms with van der Waals surface area (Å²) in [6, 6.07) is 17.0. The summed E-state index contributed by atoms with van der Waals surface area (Å²) in [6.07, 6.45) is 0.821. The Balaban J connectivity index is 1.76. The number of anilines is 1. The highest BCUT2D eigenvalue weighted by Gasteiger charge is 2.34. The molecule has 2 aromatic carbocycles. The lowest BCUT2D eigenvalue weighted by Crippen LogP contribution is -2.45. The fourth-order valence-corrected chi connectivity index (χ4v) is 4.76. The molecule has 0 aliphatic rings. The predicted octanol–water partition coefficient (Wildman–Crippen LogP) is 4.63. The Morgan fingerprint density at radius 2 is 1.86 bits per heavy atom. The van der Waals surface area contributed by atoms with Crippen LogP contribution in [0.5, 0.6) is 0 Å². The summed E-state index contributed by atoms with van der Waals surface area (Å²) in [7, 11) is 0. The number of thiophene rings is 1. The topological polar surface area (TPSA) is 97.2 Å². The number of nitrogens with one attached hydrogen (secondary N) is 1. The molecule has 0 fully saturated rings. The van der Waals surface area contributed by atoms with Crippen LogP contribution in [0, 0.1) is 5.92 Å². The zero-order valence-electron chi connectivity index (χ0n) is 20.5. The molecule has 1 N–H and O–H groups in total. The molecule has 2 aromatic heterocycles. The van der Waals surface area contributed by atoms with Gasteiger partial charge in [-0.2, -0.15) is 0 Å². The molecule has 0 radical (unpaired) electrons. The molecule has 2 heterocycles. The molecule has 0 saturated heterocycles. The first kappa shape index (κ1) is 25.2. The van der Waals surface area contributed by atoms with E-state index in [0.29, 0.717) is 29.2 Å². The fourth-order valence-electron chi connectivity index (χ4n) is 3.95. The molecule has 8 nitrogen and oxygen atoms in total. The predicted molar refractivity (Wildman–Crippen MR) is 141 cm³/mol. The second-order valence-corrected chi connectivity index (χ2v) is 9.98. The van der Waals surface area contributed by atoms with Crippen molar-refractivity contribution in [1.82, 2.24) is 20.3 Å². The fraction of sp³-hybridized carbons (Fsp3) is 0.296. The molecule has 0 saturated carbocycles. The summed E-state index contributed by atoms with van der Waals surface area (Å²) in [5.74, 6) is -0.316. The number of rotatable bonds is 10. The van der Waals surface area contributed by atoms with Crippen molar-refractivity contribution in [3.8, 4) is 0 Å². The molecule has 4 aromatic rings. The first-order valence-electron chi connectivity index (χ1n) is 11.9. The van der Waals surface area contributed by atoms with E-state index in [2.05, 4.69) is 29.5 Å². The minimum atomic E-state index is -0.901. The van der Waals surface area contributed by atoms with E-state index in [1.54, 1.807) is 24.3 Å². The maximum atomic E-state index is 13.9. The number of para-hydroxylation sites is 1. The lowest BCUT2D eigenvalue weighted by molar-refractivity contribution is -0.126. The Morgan fingerprint density at radius 3 is 2.58 bits per heavy atom. The summed E-state index contributed by atoms with van der Waals surface area (Å²) in [6.45, 7) is 6.04. The van der Waals surface area contributed by atoms with Crippen LogP contribution in [0.1, 0.15) is 48.5 Å². The number of nitrogens with zero attached hydrogens (tertiary/aromatic N) is 4. The van der Waals surface area contributed by atoms with Crippen molar-refractivity contribution in [2.24, 2.45) is 5.92 Å². The number of fused-ring (bicyclic) bond motifs is 1. The van der Waals surface area contributed by atoms with Gasteiger partial charge in [0.2, 0.25) is 11.8 Å². The number of Topliss-reactive ketones (excluding diaryl/α,β-unsaturated/α-hetero) is 1. The van der Waals surface area contributed by atoms with Gasteiger partial charge in [0.25, 0.3) is 0 Å². The van der Waals surface area contributed by atoms with Gasteiger partial charge in [-0.3, -0.25) is 19.3 Å². The molecule has 0 bridgehead atoms. The lowest BCUT2D eigenvalue weighted by atomic mass is 10.1. The zero-order chi connectivity index (χ0) is 25.7. The molecule has 1 atom stereocenters. The normalized spacial score (nSPS) is 12.0. The first-order chi connectivity index (χ1) is 17.3. The monoisotopic (exact) mass is 503 g/mol. The third-order valence-electron chi connectivity index (χ3n) is 5.84. The minimum absolute atomic E-state index is 0.119. The van der Waals surface area contributed by atoms with Gasteiger partial charge in [-0.15, -0.1) is 16.4 Å². The smallest absolute Gasteiger partial charge is 0.249 e. The van der Waals surface area contributed by atoms with Crippen molar-refractivity contribution in [2.75, 3.05) is 11.4 Å². The summed E-state index contributed by atoms with van der Waals surface area (Å²) in [4.78, 5) is 41.8. The van der Waals surface area contributed by atoms with E-state index >= 15 is 0 Å². The van der Waals surface area contributed by atoms with Gasteiger partial charge in [0.15, 0.2) is 5.78 Å². The highest BCUT2D eigenvalue weighted by atomic mass is 32.1. The summed E-state index contributed by atoms with van der Waals surface area (Å²) >= 11 is 1.40. The van der Waals surface area contributed by atoms with Gasteiger partial charge in [0, 0.05) is 22.7 Å². The van der Waals surface area contributed by atoms with Gasteiger partial charge >= 0.3 is 0 Å². The van der Waals surface area contributed by atoms with Crippen molar-refractivity contribution in [3.63, 3.8) is 0 Å². The van der Waals surface area contributed by atoms with Crippen molar-refractivity contribution in [2.45, 2.75) is 39.8 Å². The van der Waals surface area contributed by atoms with E-state index < -0.39 is 6.04 Å². The Morgan fingerprint density at radius 1 is 1.06 bits per heavy atom. The SMILES string of the molecule is CC(=O)c1cccc(N(C(=O)Cn2nnc3ccccc32)C(C(=O)NCCC(C)C)c2cccs2)c1. The number of carbonyl (C=O) groups is 3. The van der Waals surface area contributed by atoms with Crippen molar-refractivity contribution < 1.29 is 14.4 Å². The van der Waals surface area contributed by atoms with Crippen molar-refractivity contribution in [3.05, 3.63) is 76.5 Å². The lowest BCUT2D eigenvalue weighted by Gasteiger charge is -2.31. The second-order valence-electron chi connectivity index (χ2n) is 9.00. The number of aromatic nitrogens is 3. The molecule has 36 heavy (non-hydrogen) atoms. The van der Waals surface area contributed by atoms with Gasteiger partial charge < -0.3 is 5.32 Å². The van der Waals surface area contributed by atoms with Crippen LogP contribution in [-0.2, 0) is 16.1 Å². The molecule has 0 spiro atoms. The van der Waals surface area contributed by atoms with E-state index in [4.69, 9.17) is 0 Å². The van der Waals surface area contributed by atoms with Gasteiger partial charge in [0.1, 0.15) is 18.1 Å². The average molecular weight is 504 g/mol. The molecule has 2 amide bonds. The number of ketones is 1. The maximum Gasteiger partial charge on any atom is 0.249 e. The van der Waals surface area contributed by atoms with Crippen LogP contribution in [0.15, 0.2) is 66.0 Å². The van der Waals surface area contributed by atoms with Crippen LogP contribution in [0.4, 0.5) is 5.69 Å². The van der Waals surface area contributed by atoms with Gasteiger partial charge in [-0.05, 0) is 55.0 Å². The third-order valence-corrected chi connectivity index (χ3v) is 6.77. The van der Waals surface area contributed by atoms with E-state index in [1.807, 2.05) is 41.8 Å². The molecule has 0 aliphatic carbocycles. The van der Waals surface area contributed by atoms with Crippen LogP contribution in [-0.4, -0.2) is 39.1 Å². The zero-order valence-corrected chi connectivity index (χ0v) is 21.4. The quantitative estimate of drug-likeness (QED) is 0.318. The Kier molecular flexibility index (Phi) is 7.90. The first-order valence-corrected chi connectivity index (χ1v) is 12.8. The number of carbonyl (C=O) groups excluding carboxylic acids is 3. The third kappa shape index (κ3) is 5.68. The number of benzene rings is 2. The van der Waals surface area contributed by atoms with Gasteiger partial charge in [0.05, 0.1) is 5.52 Å². The summed E-state index contributed by atoms with van der Waals surface area (Å²) in [5, 5.41) is 13.2. The van der Waals surface area contributed by atoms with Gasteiger partial charge in [-0.1, -0.05) is 49.4 Å². The van der Waals surface area contributed by atoms with Crippen LogP contribution in [0.2, 0.25) is 0 Å². The molecule has 186 valence electrons. The molecule has 1 unspecified atom stereocenters. The molecule has 9 heteroatoms. The molecule has 4 rings (SSSR count). The molecular weight excluding hydrogens is 474 g/mol. The number of amides is 2. The van der Waals surface area contributed by atoms with E-state index in [0.717, 1.165) is 16.8 Å². The highest BCUT2D eigenvalue weighted by Crippen LogP contribution is 2.32. The van der Waals surface area contributed by atoms with Crippen LogP contribution < -0.4 is 10.2 Å². The summed E-state index contributed by atoms with van der Waals surface area (Å²) in [5.41, 5.74) is 2.32. The van der Waals surface area contributed by atoms with Crippen LogP contribution in [0.3, 0.4) is 0 Å². The standard InChI is InChI=1S/C27H29N5O3S/c1-18(2)13-14-28-27(35)26(24-12-7-15-36-24)32(21-9-6-8-20(16-21)19(3)33)25(34)17-31-23-11-5-4-10-22(23)29-30-31/h4-12,15-16,18,26H,13-14,17H2,1-3H3,(H,28,35). The van der Waals surface area contributed by atoms with Gasteiger partial charge in [-0.25, -0.2) is 4.68 Å². The highest BCUT2D eigenvalue weighted by molar-refractivity contribution is 7.10. The Labute approximate surface area is 213 Å². The van der Waals surface area contributed by atoms with Crippen LogP contribution in [0.25, 0.3) is 11.0 Å². The summed E-state index contributed by atoms with van der Waals surface area (Å²) < 4.78 is 1.53.